The summed E-state index contributed by atoms with van der Waals surface area (Å²) in [5.74, 6) is 0. The molecule has 0 aromatic carbocycles. The van der Waals surface area contributed by atoms with Crippen molar-refractivity contribution in [3.63, 3.8) is 0 Å². The van der Waals surface area contributed by atoms with E-state index in [4.69, 9.17) is 0 Å². The number of hydrogen-bond donors (Lipinski definition) is 3. The maximum Gasteiger partial charge on any atom is 0.0343 e. The predicted octanol–water partition coefficient (Wildman–Crippen LogP) is -1.32. The van der Waals surface area contributed by atoms with E-state index in [-0.39, 0.29) is 0 Å². The molecular weight excluding hydrogens is 90.1 g/mol. The average molecular weight is 101 g/mol. The number of hydrogen-bond acceptors (Lipinski definition) is 3. The molecule has 0 atom stereocenters. The summed E-state index contributed by atoms with van der Waals surface area (Å²) in [6.07, 6.45) is 0. The second-order valence-corrected chi connectivity index (χ2v) is 1.75. The van der Waals surface area contributed by atoms with Crippen LogP contribution in [0.4, 0.5) is 0 Å². The molecule has 0 aliphatic carbocycles. The Morgan fingerprint density at radius 1 is 1.43 bits per heavy atom. The number of hydrazine groups is 1. The van der Waals surface area contributed by atoms with Gasteiger partial charge in [-0.05, 0) is 7.05 Å². The lowest BCUT2D eigenvalue weighted by Gasteiger charge is -2.00. The zero-order valence-corrected chi connectivity index (χ0v) is 4.49. The van der Waals surface area contributed by atoms with Crippen molar-refractivity contribution in [2.24, 2.45) is 0 Å². The van der Waals surface area contributed by atoms with Gasteiger partial charge in [0.15, 0.2) is 0 Å². The predicted molar refractivity (Wildman–Crippen MR) is 28.9 cm³/mol. The molecule has 0 unspecified atom stereocenters. The summed E-state index contributed by atoms with van der Waals surface area (Å²) in [5, 5.41) is 3.14. The largest absolute Gasteiger partial charge is 0.314 e. The van der Waals surface area contributed by atoms with E-state index in [1.807, 2.05) is 7.05 Å². The topological polar surface area (TPSA) is 36.1 Å². The van der Waals surface area contributed by atoms with Gasteiger partial charge in [-0.25, -0.2) is 0 Å². The van der Waals surface area contributed by atoms with Crippen molar-refractivity contribution in [2.45, 2.75) is 6.04 Å². The maximum absolute atomic E-state index is 3.14. The Balaban J connectivity index is 2.14. The van der Waals surface area contributed by atoms with Gasteiger partial charge in [-0.2, -0.15) is 0 Å². The first-order chi connectivity index (χ1) is 3.43. The van der Waals surface area contributed by atoms with Crippen LogP contribution in [-0.4, -0.2) is 26.2 Å². The summed E-state index contributed by atoms with van der Waals surface area (Å²) in [5.41, 5.74) is 6.02. The zero-order chi connectivity index (χ0) is 5.11. The van der Waals surface area contributed by atoms with Crippen LogP contribution in [0.3, 0.4) is 0 Å². The number of nitrogens with one attached hydrogen (secondary N) is 3. The Kier molecular flexibility index (Phi) is 1.62. The van der Waals surface area contributed by atoms with Crippen LogP contribution in [-0.2, 0) is 0 Å². The first-order valence-electron chi connectivity index (χ1n) is 2.56. The van der Waals surface area contributed by atoms with Crippen LogP contribution < -0.4 is 16.2 Å². The van der Waals surface area contributed by atoms with Gasteiger partial charge in [0, 0.05) is 19.1 Å². The fourth-order valence-corrected chi connectivity index (χ4v) is 0.667. The highest BCUT2D eigenvalue weighted by atomic mass is 15.4. The molecule has 0 radical (unpaired) electrons. The normalized spacial score (nSPS) is 23.6. The van der Waals surface area contributed by atoms with Gasteiger partial charge in [0.25, 0.3) is 0 Å². The molecule has 0 spiro atoms. The highest BCUT2D eigenvalue weighted by Crippen LogP contribution is 1.80. The van der Waals surface area contributed by atoms with Crippen molar-refractivity contribution in [1.82, 2.24) is 16.2 Å². The highest BCUT2D eigenvalue weighted by Gasteiger charge is 2.09. The van der Waals surface area contributed by atoms with Gasteiger partial charge in [-0.3, -0.25) is 10.9 Å². The monoisotopic (exact) mass is 101 g/mol. The Hall–Kier alpha value is -0.120. The lowest BCUT2D eigenvalue weighted by molar-refractivity contribution is 0.635. The molecule has 0 bridgehead atoms. The molecule has 0 aromatic heterocycles. The van der Waals surface area contributed by atoms with E-state index in [2.05, 4.69) is 16.2 Å². The second-order valence-electron chi connectivity index (χ2n) is 1.75. The van der Waals surface area contributed by atoms with Crippen molar-refractivity contribution < 1.29 is 0 Å². The average Bonchev–Trinajstić information content (AvgIpc) is 2.14. The lowest BCUT2D eigenvalue weighted by Crippen LogP contribution is -2.29. The third-order valence-corrected chi connectivity index (χ3v) is 1.23. The van der Waals surface area contributed by atoms with Gasteiger partial charge in [0.05, 0.1) is 0 Å². The van der Waals surface area contributed by atoms with E-state index >= 15 is 0 Å². The molecule has 1 aliphatic rings. The van der Waals surface area contributed by atoms with E-state index in [0.29, 0.717) is 6.04 Å². The van der Waals surface area contributed by atoms with Crippen LogP contribution in [0.5, 0.6) is 0 Å². The van der Waals surface area contributed by atoms with Crippen LogP contribution in [0.25, 0.3) is 0 Å². The standard InChI is InChI=1S/C4H11N3/c1-5-4-2-6-7-3-4/h4-7H,2-3H2,1H3. The summed E-state index contributed by atoms with van der Waals surface area (Å²) >= 11 is 0. The summed E-state index contributed by atoms with van der Waals surface area (Å²) in [6, 6.07) is 0.625. The summed E-state index contributed by atoms with van der Waals surface area (Å²) in [7, 11) is 1.97. The van der Waals surface area contributed by atoms with E-state index in [1.54, 1.807) is 0 Å². The fraction of sp³-hybridized carbons (Fsp3) is 1.00. The summed E-state index contributed by atoms with van der Waals surface area (Å²) in [6.45, 7) is 2.08. The smallest absolute Gasteiger partial charge is 0.0343 e. The molecule has 3 N–H and O–H groups in total. The Morgan fingerprint density at radius 2 is 2.00 bits per heavy atom. The first-order valence-corrected chi connectivity index (χ1v) is 2.56. The highest BCUT2D eigenvalue weighted by molar-refractivity contribution is 4.73. The lowest BCUT2D eigenvalue weighted by atomic mass is 10.3. The van der Waals surface area contributed by atoms with Gasteiger partial charge >= 0.3 is 0 Å². The molecule has 0 amide bonds. The van der Waals surface area contributed by atoms with E-state index in [1.165, 1.54) is 0 Å². The molecule has 1 aliphatic heterocycles. The Morgan fingerprint density at radius 3 is 2.29 bits per heavy atom. The van der Waals surface area contributed by atoms with Gasteiger partial charge in [-0.15, -0.1) is 0 Å². The molecular formula is C4H11N3. The molecule has 1 rings (SSSR count). The molecule has 3 nitrogen and oxygen atoms in total. The minimum atomic E-state index is 0.625. The van der Waals surface area contributed by atoms with Crippen molar-refractivity contribution in [3.05, 3.63) is 0 Å². The molecule has 3 heteroatoms. The maximum atomic E-state index is 3.14. The van der Waals surface area contributed by atoms with Crippen molar-refractivity contribution in [1.29, 1.82) is 0 Å². The summed E-state index contributed by atoms with van der Waals surface area (Å²) < 4.78 is 0. The number of rotatable bonds is 1. The van der Waals surface area contributed by atoms with E-state index < -0.39 is 0 Å². The Labute approximate surface area is 43.4 Å². The van der Waals surface area contributed by atoms with Gasteiger partial charge < -0.3 is 5.32 Å². The Bertz CT molecular complexity index is 48.9. The SMILES string of the molecule is CNC1CNNC1. The van der Waals surface area contributed by atoms with E-state index in [9.17, 15) is 0 Å². The third-order valence-electron chi connectivity index (χ3n) is 1.23. The quantitative estimate of drug-likeness (QED) is 0.383. The minimum absolute atomic E-state index is 0.625. The van der Waals surface area contributed by atoms with Gasteiger partial charge in [0.1, 0.15) is 0 Å². The van der Waals surface area contributed by atoms with Crippen molar-refractivity contribution >= 4 is 0 Å². The molecule has 42 valence electrons. The van der Waals surface area contributed by atoms with Crippen LogP contribution in [0.1, 0.15) is 0 Å². The van der Waals surface area contributed by atoms with Crippen molar-refractivity contribution in [2.75, 3.05) is 20.1 Å². The van der Waals surface area contributed by atoms with Crippen LogP contribution in [0, 0.1) is 0 Å². The molecule has 0 saturated carbocycles. The fourth-order valence-electron chi connectivity index (χ4n) is 0.667. The van der Waals surface area contributed by atoms with Gasteiger partial charge in [-0.1, -0.05) is 0 Å². The molecule has 7 heavy (non-hydrogen) atoms. The molecule has 0 aromatic rings. The minimum Gasteiger partial charge on any atom is -0.314 e. The van der Waals surface area contributed by atoms with Crippen LogP contribution in [0.2, 0.25) is 0 Å². The first kappa shape index (κ1) is 5.03. The third kappa shape index (κ3) is 1.12. The molecule has 1 fully saturated rings. The van der Waals surface area contributed by atoms with Crippen LogP contribution >= 0.6 is 0 Å². The van der Waals surface area contributed by atoms with Gasteiger partial charge in [0.2, 0.25) is 0 Å². The molecule has 1 saturated heterocycles. The summed E-state index contributed by atoms with van der Waals surface area (Å²) in [4.78, 5) is 0. The number of likely N-dealkylation sites (N-methyl/N-ethyl adjacent to an activating group) is 1. The molecule has 1 heterocycles. The van der Waals surface area contributed by atoms with Crippen molar-refractivity contribution in [3.8, 4) is 0 Å². The second kappa shape index (κ2) is 2.26. The van der Waals surface area contributed by atoms with Crippen LogP contribution in [0.15, 0.2) is 0 Å². The van der Waals surface area contributed by atoms with E-state index in [0.717, 1.165) is 13.1 Å². The zero-order valence-electron chi connectivity index (χ0n) is 4.49.